The van der Waals surface area contributed by atoms with E-state index in [1.54, 1.807) is 0 Å². The van der Waals surface area contributed by atoms with Crippen molar-refractivity contribution in [2.45, 2.75) is 6.04 Å². The number of hydrogen-bond donors (Lipinski definition) is 1. The van der Waals surface area contributed by atoms with Gasteiger partial charge >= 0.3 is 0 Å². The number of methoxy groups -OCH3 is 2. The summed E-state index contributed by atoms with van der Waals surface area (Å²) in [4.78, 5) is 0. The Bertz CT molecular complexity index is 664. The highest BCUT2D eigenvalue weighted by molar-refractivity contribution is 9.10. The van der Waals surface area contributed by atoms with Crippen LogP contribution in [0.15, 0.2) is 34.8 Å². The molecule has 0 saturated carbocycles. The van der Waals surface area contributed by atoms with Crippen LogP contribution in [-0.4, -0.2) is 14.2 Å². The first-order valence-corrected chi connectivity index (χ1v) is 6.89. The fourth-order valence-corrected chi connectivity index (χ4v) is 2.52. The van der Waals surface area contributed by atoms with Crippen LogP contribution in [0.3, 0.4) is 0 Å². The first-order valence-electron chi connectivity index (χ1n) is 6.10. The molecule has 2 rings (SSSR count). The van der Waals surface area contributed by atoms with E-state index >= 15 is 0 Å². The van der Waals surface area contributed by atoms with E-state index in [4.69, 9.17) is 15.2 Å². The van der Waals surface area contributed by atoms with Crippen LogP contribution >= 0.6 is 15.9 Å². The van der Waals surface area contributed by atoms with Crippen molar-refractivity contribution in [2.75, 3.05) is 14.2 Å². The lowest BCUT2D eigenvalue weighted by Gasteiger charge is -2.17. The second-order valence-electron chi connectivity index (χ2n) is 4.37. The largest absolute Gasteiger partial charge is 0.493 e. The summed E-state index contributed by atoms with van der Waals surface area (Å²) in [6.45, 7) is 0. The van der Waals surface area contributed by atoms with Gasteiger partial charge in [0.2, 0.25) is 0 Å². The first-order chi connectivity index (χ1) is 9.97. The van der Waals surface area contributed by atoms with Crippen LogP contribution in [-0.2, 0) is 0 Å². The molecule has 1 unspecified atom stereocenters. The van der Waals surface area contributed by atoms with Gasteiger partial charge in [0.15, 0.2) is 11.5 Å². The van der Waals surface area contributed by atoms with Crippen molar-refractivity contribution >= 4 is 15.9 Å². The molecule has 21 heavy (non-hydrogen) atoms. The van der Waals surface area contributed by atoms with Crippen LogP contribution in [0.1, 0.15) is 17.2 Å². The third kappa shape index (κ3) is 3.16. The minimum atomic E-state index is -0.838. The van der Waals surface area contributed by atoms with Gasteiger partial charge in [0.05, 0.1) is 20.3 Å². The fourth-order valence-electron chi connectivity index (χ4n) is 2.03. The molecule has 0 spiro atoms. The quantitative estimate of drug-likeness (QED) is 0.905. The average molecular weight is 358 g/mol. The van der Waals surface area contributed by atoms with Gasteiger partial charge in [0.1, 0.15) is 11.6 Å². The molecular formula is C15H14BrF2NO2. The average Bonchev–Trinajstić information content (AvgIpc) is 2.48. The van der Waals surface area contributed by atoms with E-state index in [0.29, 0.717) is 15.8 Å². The monoisotopic (exact) mass is 357 g/mol. The van der Waals surface area contributed by atoms with E-state index in [1.807, 2.05) is 0 Å². The molecule has 2 aromatic carbocycles. The van der Waals surface area contributed by atoms with Crippen molar-refractivity contribution in [3.05, 3.63) is 57.6 Å². The summed E-state index contributed by atoms with van der Waals surface area (Å²) in [5, 5.41) is 0. The number of hydrogen-bond acceptors (Lipinski definition) is 3. The van der Waals surface area contributed by atoms with Gasteiger partial charge < -0.3 is 15.2 Å². The molecule has 2 aromatic rings. The summed E-state index contributed by atoms with van der Waals surface area (Å²) in [6, 6.07) is 5.91. The second-order valence-corrected chi connectivity index (χ2v) is 5.23. The number of ether oxygens (including phenoxy) is 2. The molecule has 0 aromatic heterocycles. The van der Waals surface area contributed by atoms with E-state index in [1.165, 1.54) is 44.6 Å². The molecule has 0 aliphatic heterocycles. The fraction of sp³-hybridized carbons (Fsp3) is 0.200. The van der Waals surface area contributed by atoms with E-state index in [2.05, 4.69) is 15.9 Å². The van der Waals surface area contributed by atoms with Crippen molar-refractivity contribution in [1.82, 2.24) is 0 Å². The third-order valence-corrected chi connectivity index (χ3v) is 3.85. The number of nitrogens with two attached hydrogens (primary N) is 1. The minimum absolute atomic E-state index is 0.193. The van der Waals surface area contributed by atoms with Gasteiger partial charge in [-0.1, -0.05) is 15.9 Å². The Balaban J connectivity index is 2.52. The molecule has 6 heteroatoms. The molecule has 3 nitrogen and oxygen atoms in total. The Kier molecular flexibility index (Phi) is 4.80. The predicted molar refractivity (Wildman–Crippen MR) is 79.6 cm³/mol. The van der Waals surface area contributed by atoms with Crippen LogP contribution in [0, 0.1) is 11.6 Å². The Hall–Kier alpha value is -1.66. The van der Waals surface area contributed by atoms with E-state index < -0.39 is 17.7 Å². The molecule has 0 radical (unpaired) electrons. The lowest BCUT2D eigenvalue weighted by molar-refractivity contribution is 0.351. The van der Waals surface area contributed by atoms with Gasteiger partial charge in [0.25, 0.3) is 0 Å². The van der Waals surface area contributed by atoms with Crippen LogP contribution in [0.5, 0.6) is 11.5 Å². The van der Waals surface area contributed by atoms with Crippen molar-refractivity contribution in [3.63, 3.8) is 0 Å². The lowest BCUT2D eigenvalue weighted by atomic mass is 9.98. The Morgan fingerprint density at radius 1 is 1.00 bits per heavy atom. The lowest BCUT2D eigenvalue weighted by Crippen LogP contribution is -2.15. The molecule has 0 fully saturated rings. The number of halogens is 3. The van der Waals surface area contributed by atoms with Crippen molar-refractivity contribution in [2.24, 2.45) is 5.73 Å². The van der Waals surface area contributed by atoms with Gasteiger partial charge in [0, 0.05) is 16.1 Å². The highest BCUT2D eigenvalue weighted by Crippen LogP contribution is 2.35. The van der Waals surface area contributed by atoms with E-state index in [-0.39, 0.29) is 11.3 Å². The van der Waals surface area contributed by atoms with Crippen molar-refractivity contribution < 1.29 is 18.3 Å². The molecule has 0 aliphatic rings. The van der Waals surface area contributed by atoms with Crippen LogP contribution in [0.25, 0.3) is 0 Å². The first kappa shape index (κ1) is 15.7. The molecule has 0 amide bonds. The van der Waals surface area contributed by atoms with Crippen LogP contribution < -0.4 is 15.2 Å². The Labute approximate surface area is 129 Å². The molecular weight excluding hydrogens is 344 g/mol. The van der Waals surface area contributed by atoms with Gasteiger partial charge in [-0.2, -0.15) is 0 Å². The molecule has 1 atom stereocenters. The van der Waals surface area contributed by atoms with Gasteiger partial charge in [-0.3, -0.25) is 0 Å². The predicted octanol–water partition coefficient (Wildman–Crippen LogP) is 3.79. The maximum atomic E-state index is 14.2. The van der Waals surface area contributed by atoms with Crippen molar-refractivity contribution in [3.8, 4) is 11.5 Å². The molecule has 2 N–H and O–H groups in total. The third-order valence-electron chi connectivity index (χ3n) is 3.13. The minimum Gasteiger partial charge on any atom is -0.493 e. The van der Waals surface area contributed by atoms with Gasteiger partial charge in [-0.15, -0.1) is 0 Å². The van der Waals surface area contributed by atoms with Crippen LogP contribution in [0.4, 0.5) is 8.78 Å². The molecule has 0 bridgehead atoms. The zero-order chi connectivity index (χ0) is 15.6. The normalized spacial score (nSPS) is 12.1. The molecule has 0 aliphatic carbocycles. The molecule has 112 valence electrons. The Morgan fingerprint density at radius 2 is 1.62 bits per heavy atom. The Morgan fingerprint density at radius 3 is 2.24 bits per heavy atom. The molecule has 0 saturated heterocycles. The summed E-state index contributed by atoms with van der Waals surface area (Å²) in [5.41, 5.74) is 6.71. The summed E-state index contributed by atoms with van der Waals surface area (Å²) in [7, 11) is 2.86. The van der Waals surface area contributed by atoms with Crippen LogP contribution in [0.2, 0.25) is 0 Å². The highest BCUT2D eigenvalue weighted by atomic mass is 79.9. The van der Waals surface area contributed by atoms with Gasteiger partial charge in [-0.05, 0) is 29.8 Å². The number of rotatable bonds is 4. The summed E-state index contributed by atoms with van der Waals surface area (Å²) < 4.78 is 38.3. The maximum Gasteiger partial charge on any atom is 0.163 e. The van der Waals surface area contributed by atoms with E-state index in [9.17, 15) is 8.78 Å². The SMILES string of the molecule is COc1cc(F)c(C(N)c2cc(F)ccc2Br)cc1OC. The second kappa shape index (κ2) is 6.41. The highest BCUT2D eigenvalue weighted by Gasteiger charge is 2.20. The van der Waals surface area contributed by atoms with Crippen molar-refractivity contribution in [1.29, 1.82) is 0 Å². The number of benzene rings is 2. The maximum absolute atomic E-state index is 14.2. The topological polar surface area (TPSA) is 44.5 Å². The summed E-state index contributed by atoms with van der Waals surface area (Å²) in [6.07, 6.45) is 0. The van der Waals surface area contributed by atoms with E-state index in [0.717, 1.165) is 0 Å². The standard InChI is InChI=1S/C15H14BrF2NO2/c1-20-13-6-10(12(18)7-14(13)21-2)15(19)9-5-8(17)3-4-11(9)16/h3-7,15H,19H2,1-2H3. The smallest absolute Gasteiger partial charge is 0.163 e. The summed E-state index contributed by atoms with van der Waals surface area (Å²) >= 11 is 3.29. The zero-order valence-corrected chi connectivity index (χ0v) is 13.1. The van der Waals surface area contributed by atoms with Gasteiger partial charge in [-0.25, -0.2) is 8.78 Å². The zero-order valence-electron chi connectivity index (χ0n) is 11.5. The summed E-state index contributed by atoms with van der Waals surface area (Å²) in [5.74, 6) is -0.359. The molecule has 0 heterocycles.